The smallest absolute Gasteiger partial charge is 0.162 e. The quantitative estimate of drug-likeness (QED) is 0.897. The van der Waals surface area contributed by atoms with Gasteiger partial charge in [0.05, 0.1) is 12.0 Å². The minimum absolute atomic E-state index is 0. The number of halogens is 2. The van der Waals surface area contributed by atoms with E-state index in [0.29, 0.717) is 12.0 Å². The summed E-state index contributed by atoms with van der Waals surface area (Å²) in [6, 6.07) is 4.33. The maximum absolute atomic E-state index is 5.95. The third-order valence-electron chi connectivity index (χ3n) is 4.12. The van der Waals surface area contributed by atoms with Crippen LogP contribution in [0.2, 0.25) is 0 Å². The Morgan fingerprint density at radius 1 is 1.45 bits per heavy atom. The molecule has 0 bridgehead atoms. The van der Waals surface area contributed by atoms with Gasteiger partial charge in [-0.1, -0.05) is 6.92 Å². The first kappa shape index (κ1) is 19.5. The first-order chi connectivity index (χ1) is 9.78. The van der Waals surface area contributed by atoms with E-state index in [9.17, 15) is 0 Å². The first-order valence-corrected chi connectivity index (χ1v) is 8.08. The minimum atomic E-state index is 0. The van der Waals surface area contributed by atoms with Crippen molar-refractivity contribution in [3.8, 4) is 10.8 Å². The van der Waals surface area contributed by atoms with Crippen molar-refractivity contribution >= 4 is 36.2 Å². The third-order valence-corrected chi connectivity index (χ3v) is 5.03. The highest BCUT2D eigenvalue weighted by Gasteiger charge is 2.27. The van der Waals surface area contributed by atoms with Crippen LogP contribution in [-0.4, -0.2) is 29.0 Å². The van der Waals surface area contributed by atoms with Gasteiger partial charge in [0.1, 0.15) is 0 Å². The second kappa shape index (κ2) is 8.89. The van der Waals surface area contributed by atoms with Crippen LogP contribution in [0.15, 0.2) is 28.2 Å². The third kappa shape index (κ3) is 4.24. The Balaban J connectivity index is 0.00000121. The first-order valence-electron chi connectivity index (χ1n) is 7.20. The van der Waals surface area contributed by atoms with Crippen LogP contribution in [0.3, 0.4) is 0 Å². The molecule has 0 spiro atoms. The molecule has 2 atom stereocenters. The molecule has 0 amide bonds. The Bertz CT molecular complexity index is 547. The van der Waals surface area contributed by atoms with Gasteiger partial charge in [-0.05, 0) is 37.4 Å². The van der Waals surface area contributed by atoms with Crippen molar-refractivity contribution in [1.29, 1.82) is 0 Å². The van der Waals surface area contributed by atoms with E-state index < -0.39 is 0 Å². The molecule has 0 saturated carbocycles. The number of rotatable bonds is 4. The monoisotopic (exact) mass is 363 g/mol. The summed E-state index contributed by atoms with van der Waals surface area (Å²) in [5.74, 6) is 1.53. The number of furan rings is 1. The van der Waals surface area contributed by atoms with Crippen molar-refractivity contribution in [1.82, 2.24) is 9.88 Å². The second-order valence-corrected chi connectivity index (χ2v) is 6.37. The van der Waals surface area contributed by atoms with Crippen molar-refractivity contribution < 1.29 is 4.42 Å². The summed E-state index contributed by atoms with van der Waals surface area (Å²) in [7, 11) is 0. The van der Waals surface area contributed by atoms with Crippen molar-refractivity contribution in [2.45, 2.75) is 32.4 Å². The van der Waals surface area contributed by atoms with E-state index in [4.69, 9.17) is 10.2 Å². The van der Waals surface area contributed by atoms with Crippen molar-refractivity contribution in [3.63, 3.8) is 0 Å². The zero-order chi connectivity index (χ0) is 13.9. The molecule has 1 fully saturated rings. The summed E-state index contributed by atoms with van der Waals surface area (Å²) in [5.41, 5.74) is 7.07. The zero-order valence-electron chi connectivity index (χ0n) is 12.6. The number of nitrogens with two attached hydrogens (primary N) is 1. The fourth-order valence-electron chi connectivity index (χ4n) is 3.01. The van der Waals surface area contributed by atoms with E-state index in [1.54, 1.807) is 17.6 Å². The molecule has 7 heteroatoms. The van der Waals surface area contributed by atoms with Gasteiger partial charge in [-0.25, -0.2) is 4.98 Å². The van der Waals surface area contributed by atoms with Gasteiger partial charge in [0.2, 0.25) is 0 Å². The van der Waals surface area contributed by atoms with E-state index in [1.165, 1.54) is 12.8 Å². The molecular weight excluding hydrogens is 341 g/mol. The lowest BCUT2D eigenvalue weighted by Gasteiger charge is -2.39. The normalized spacial score (nSPS) is 21.9. The molecule has 0 aromatic carbocycles. The van der Waals surface area contributed by atoms with Crippen LogP contribution in [0, 0.1) is 5.92 Å². The van der Waals surface area contributed by atoms with Gasteiger partial charge in [-0.15, -0.1) is 36.2 Å². The van der Waals surface area contributed by atoms with Crippen LogP contribution in [-0.2, 0) is 6.54 Å². The van der Waals surface area contributed by atoms with Crippen LogP contribution in [0.25, 0.3) is 10.8 Å². The Labute approximate surface area is 147 Å². The van der Waals surface area contributed by atoms with Crippen molar-refractivity contribution in [3.05, 3.63) is 29.5 Å². The van der Waals surface area contributed by atoms with Crippen LogP contribution in [0.1, 0.15) is 25.5 Å². The molecule has 1 aliphatic rings. The summed E-state index contributed by atoms with van der Waals surface area (Å²) in [5, 5.41) is 3.09. The maximum atomic E-state index is 5.95. The molecule has 1 saturated heterocycles. The fraction of sp³-hybridized carbons (Fsp3) is 0.533. The highest BCUT2D eigenvalue weighted by molar-refractivity contribution is 7.13. The van der Waals surface area contributed by atoms with Gasteiger partial charge in [0.15, 0.2) is 10.8 Å². The minimum Gasteiger partial charge on any atom is -0.462 e. The average Bonchev–Trinajstić information content (AvgIpc) is 3.09. The predicted octanol–water partition coefficient (Wildman–Crippen LogP) is 3.81. The topological polar surface area (TPSA) is 55.3 Å². The van der Waals surface area contributed by atoms with Gasteiger partial charge in [-0.3, -0.25) is 4.90 Å². The second-order valence-electron chi connectivity index (χ2n) is 5.51. The summed E-state index contributed by atoms with van der Waals surface area (Å²) in [4.78, 5) is 7.16. The fourth-order valence-corrected chi connectivity index (χ4v) is 3.79. The Hall–Kier alpha value is -0.590. The largest absolute Gasteiger partial charge is 0.462 e. The lowest BCUT2D eigenvalue weighted by atomic mass is 9.91. The number of likely N-dealkylation sites (tertiary alicyclic amines) is 1. The number of aromatic nitrogens is 1. The summed E-state index contributed by atoms with van der Waals surface area (Å²) >= 11 is 1.64. The van der Waals surface area contributed by atoms with Crippen LogP contribution in [0.5, 0.6) is 0 Å². The number of nitrogens with zero attached hydrogens (tertiary/aromatic N) is 2. The van der Waals surface area contributed by atoms with Gasteiger partial charge in [-0.2, -0.15) is 0 Å². The molecule has 124 valence electrons. The molecule has 2 N–H and O–H groups in total. The molecule has 3 rings (SSSR count). The molecule has 2 aromatic heterocycles. The molecule has 22 heavy (non-hydrogen) atoms. The van der Waals surface area contributed by atoms with Gasteiger partial charge in [0, 0.05) is 24.5 Å². The molecule has 0 aliphatic carbocycles. The van der Waals surface area contributed by atoms with E-state index >= 15 is 0 Å². The van der Waals surface area contributed by atoms with Gasteiger partial charge in [0.25, 0.3) is 0 Å². The summed E-state index contributed by atoms with van der Waals surface area (Å²) < 4.78 is 5.40. The molecule has 4 nitrogen and oxygen atoms in total. The average molecular weight is 364 g/mol. The number of thiazole rings is 1. The SMILES string of the molecule is CC1CCCN(Cc2csc(-c3ccco3)n2)C1CN.Cl.Cl. The Morgan fingerprint density at radius 2 is 2.27 bits per heavy atom. The van der Waals surface area contributed by atoms with Crippen LogP contribution in [0.4, 0.5) is 0 Å². The highest BCUT2D eigenvalue weighted by Crippen LogP contribution is 2.27. The van der Waals surface area contributed by atoms with E-state index in [2.05, 4.69) is 22.2 Å². The maximum Gasteiger partial charge on any atom is 0.162 e. The predicted molar refractivity (Wildman–Crippen MR) is 96.0 cm³/mol. The van der Waals surface area contributed by atoms with E-state index in [1.807, 2.05) is 12.1 Å². The molecule has 0 radical (unpaired) electrons. The lowest BCUT2D eigenvalue weighted by molar-refractivity contribution is 0.0980. The van der Waals surface area contributed by atoms with E-state index in [-0.39, 0.29) is 24.8 Å². The Kier molecular flexibility index (Phi) is 7.86. The van der Waals surface area contributed by atoms with Gasteiger partial charge >= 0.3 is 0 Å². The van der Waals surface area contributed by atoms with Crippen molar-refractivity contribution in [2.75, 3.05) is 13.1 Å². The lowest BCUT2D eigenvalue weighted by Crippen LogP contribution is -2.48. The molecule has 1 aliphatic heterocycles. The van der Waals surface area contributed by atoms with E-state index in [0.717, 1.165) is 36.1 Å². The van der Waals surface area contributed by atoms with Gasteiger partial charge < -0.3 is 10.2 Å². The highest BCUT2D eigenvalue weighted by atomic mass is 35.5. The molecule has 2 aromatic rings. The zero-order valence-corrected chi connectivity index (χ0v) is 15.1. The van der Waals surface area contributed by atoms with Crippen LogP contribution >= 0.6 is 36.2 Å². The number of hydrogen-bond acceptors (Lipinski definition) is 5. The Morgan fingerprint density at radius 3 is 2.95 bits per heavy atom. The number of piperidine rings is 1. The standard InChI is InChI=1S/C15H21N3OS.2ClH/c1-11-4-2-6-18(13(11)8-16)9-12-10-20-15(17-12)14-5-3-7-19-14;;/h3,5,7,10-11,13H,2,4,6,8-9,16H2,1H3;2*1H. The molecular formula is C15H23Cl2N3OS. The number of hydrogen-bond donors (Lipinski definition) is 1. The van der Waals surface area contributed by atoms with Crippen molar-refractivity contribution in [2.24, 2.45) is 11.7 Å². The summed E-state index contributed by atoms with van der Waals surface area (Å²) in [6.07, 6.45) is 4.23. The van der Waals surface area contributed by atoms with Crippen LogP contribution < -0.4 is 5.73 Å². The molecule has 2 unspecified atom stereocenters. The summed E-state index contributed by atoms with van der Waals surface area (Å²) in [6.45, 7) is 5.05. The molecule has 3 heterocycles.